The van der Waals surface area contributed by atoms with E-state index < -0.39 is 44.6 Å². The highest BCUT2D eigenvalue weighted by molar-refractivity contribution is 7.89. The Kier molecular flexibility index (Phi) is 6.15. The fourth-order valence-corrected chi connectivity index (χ4v) is 5.37. The number of nitrogens with zero attached hydrogens (tertiary/aromatic N) is 4. The molecule has 4 heterocycles. The molecule has 1 aliphatic heterocycles. The molecule has 0 bridgehead atoms. The molecule has 1 atom stereocenters. The van der Waals surface area contributed by atoms with Crippen LogP contribution >= 0.6 is 0 Å². The molecule has 9 nitrogen and oxygen atoms in total. The largest absolute Gasteiger partial charge is 0.443 e. The lowest BCUT2D eigenvalue weighted by Crippen LogP contribution is -2.57. The third-order valence-electron chi connectivity index (χ3n) is 5.81. The van der Waals surface area contributed by atoms with Gasteiger partial charge in [-0.25, -0.2) is 22.8 Å². The van der Waals surface area contributed by atoms with E-state index in [4.69, 9.17) is 4.42 Å². The molecule has 1 fully saturated rings. The minimum Gasteiger partial charge on any atom is -0.443 e. The number of rotatable bonds is 6. The van der Waals surface area contributed by atoms with Gasteiger partial charge < -0.3 is 9.73 Å². The van der Waals surface area contributed by atoms with Crippen LogP contribution in [0.15, 0.2) is 64.5 Å². The second kappa shape index (κ2) is 9.19. The SMILES string of the molecule is O=C(NCc1cc(-c2ccc(C(F)(F)F)cn2)ncn1)C1CCN1S(=O)(=O)c1cc2cc(F)ccc2o1. The summed E-state index contributed by atoms with van der Waals surface area (Å²) in [6, 6.07) is 7.36. The van der Waals surface area contributed by atoms with Crippen LogP contribution in [0.25, 0.3) is 22.4 Å². The van der Waals surface area contributed by atoms with Crippen LogP contribution in [-0.2, 0) is 27.5 Å². The number of sulfonamides is 1. The molecule has 1 unspecified atom stereocenters. The lowest BCUT2D eigenvalue weighted by molar-refractivity contribution is -0.137. The van der Waals surface area contributed by atoms with Gasteiger partial charge in [-0.3, -0.25) is 9.78 Å². The molecular weight excluding hydrogens is 518 g/mol. The van der Waals surface area contributed by atoms with Gasteiger partial charge in [0.05, 0.1) is 29.2 Å². The van der Waals surface area contributed by atoms with Gasteiger partial charge in [0.2, 0.25) is 11.0 Å². The number of hydrogen-bond donors (Lipinski definition) is 1. The van der Waals surface area contributed by atoms with Crippen LogP contribution in [0, 0.1) is 5.82 Å². The fraction of sp³-hybridized carbons (Fsp3) is 0.217. The molecule has 192 valence electrons. The van der Waals surface area contributed by atoms with Crippen molar-refractivity contribution in [3.63, 3.8) is 0 Å². The highest BCUT2D eigenvalue weighted by Crippen LogP contribution is 2.32. The lowest BCUT2D eigenvalue weighted by atomic mass is 10.1. The zero-order chi connectivity index (χ0) is 26.4. The zero-order valence-electron chi connectivity index (χ0n) is 18.7. The molecule has 0 radical (unpaired) electrons. The third-order valence-corrected chi connectivity index (χ3v) is 7.58. The summed E-state index contributed by atoms with van der Waals surface area (Å²) < 4.78 is 84.1. The standard InChI is InChI=1S/C23H17F4N5O4S/c24-15-2-4-20-13(7-15)8-21(36-20)37(34,35)32-6-5-19(32)22(33)29-11-16-9-18(31-12-30-16)17-3-1-14(10-28-17)23(25,26)27/h1-4,7-10,12,19H,5-6,11H2,(H,29,33). The average Bonchev–Trinajstić information content (AvgIpc) is 3.26. The number of hydrogen-bond acceptors (Lipinski definition) is 7. The van der Waals surface area contributed by atoms with Crippen molar-refractivity contribution in [2.45, 2.75) is 30.3 Å². The normalized spacial score (nSPS) is 16.5. The van der Waals surface area contributed by atoms with Crippen molar-refractivity contribution in [2.24, 2.45) is 0 Å². The van der Waals surface area contributed by atoms with E-state index in [0.29, 0.717) is 11.9 Å². The minimum absolute atomic E-state index is 0.0801. The van der Waals surface area contributed by atoms with Crippen molar-refractivity contribution in [2.75, 3.05) is 6.54 Å². The van der Waals surface area contributed by atoms with Crippen LogP contribution in [-0.4, -0.2) is 46.2 Å². The van der Waals surface area contributed by atoms with Gasteiger partial charge in [0, 0.05) is 24.2 Å². The van der Waals surface area contributed by atoms with E-state index in [1.807, 2.05) is 0 Å². The molecule has 3 aromatic heterocycles. The maximum absolute atomic E-state index is 13.4. The van der Waals surface area contributed by atoms with Crippen molar-refractivity contribution in [3.8, 4) is 11.4 Å². The van der Waals surface area contributed by atoms with E-state index in [1.54, 1.807) is 0 Å². The Morgan fingerprint density at radius 2 is 1.89 bits per heavy atom. The van der Waals surface area contributed by atoms with Crippen molar-refractivity contribution in [1.29, 1.82) is 0 Å². The third kappa shape index (κ3) is 4.89. The van der Waals surface area contributed by atoms with Gasteiger partial charge in [0.25, 0.3) is 10.0 Å². The zero-order valence-corrected chi connectivity index (χ0v) is 19.6. The predicted molar refractivity (Wildman–Crippen MR) is 121 cm³/mol. The summed E-state index contributed by atoms with van der Waals surface area (Å²) in [6.07, 6.45) is -2.36. The first-order valence-corrected chi connectivity index (χ1v) is 12.3. The fourth-order valence-electron chi connectivity index (χ4n) is 3.79. The van der Waals surface area contributed by atoms with Crippen molar-refractivity contribution < 1.29 is 35.2 Å². The number of benzene rings is 1. The van der Waals surface area contributed by atoms with E-state index >= 15 is 0 Å². The second-order valence-electron chi connectivity index (χ2n) is 8.21. The topological polar surface area (TPSA) is 118 Å². The molecule has 0 spiro atoms. The lowest BCUT2D eigenvalue weighted by Gasteiger charge is -2.37. The van der Waals surface area contributed by atoms with Crippen LogP contribution in [0.5, 0.6) is 0 Å². The number of fused-ring (bicyclic) bond motifs is 1. The molecule has 4 aromatic rings. The van der Waals surface area contributed by atoms with Crippen LogP contribution in [0.4, 0.5) is 17.6 Å². The quantitative estimate of drug-likeness (QED) is 0.376. The Balaban J connectivity index is 1.25. The maximum atomic E-state index is 13.4. The molecule has 1 aliphatic rings. The van der Waals surface area contributed by atoms with Crippen LogP contribution in [0.2, 0.25) is 0 Å². The van der Waals surface area contributed by atoms with Crippen molar-refractivity contribution >= 4 is 26.9 Å². The summed E-state index contributed by atoms with van der Waals surface area (Å²) in [5.74, 6) is -1.11. The Labute approximate surface area is 207 Å². The molecule has 1 saturated heterocycles. The predicted octanol–water partition coefficient (Wildman–Crippen LogP) is 3.52. The van der Waals surface area contributed by atoms with Crippen molar-refractivity contribution in [1.82, 2.24) is 24.6 Å². The van der Waals surface area contributed by atoms with E-state index in [-0.39, 0.29) is 41.9 Å². The minimum atomic E-state index is -4.52. The maximum Gasteiger partial charge on any atom is 0.417 e. The summed E-state index contributed by atoms with van der Waals surface area (Å²) in [5, 5.41) is 2.50. The van der Waals surface area contributed by atoms with Crippen LogP contribution in [0.1, 0.15) is 17.7 Å². The first-order valence-electron chi connectivity index (χ1n) is 10.9. The molecule has 37 heavy (non-hydrogen) atoms. The molecule has 14 heteroatoms. The number of pyridine rings is 1. The van der Waals surface area contributed by atoms with Crippen LogP contribution in [0.3, 0.4) is 0 Å². The van der Waals surface area contributed by atoms with Gasteiger partial charge >= 0.3 is 6.18 Å². The molecule has 0 aliphatic carbocycles. The number of aromatic nitrogens is 3. The molecule has 1 amide bonds. The summed E-state index contributed by atoms with van der Waals surface area (Å²) in [4.78, 5) is 24.6. The highest BCUT2D eigenvalue weighted by atomic mass is 32.2. The van der Waals surface area contributed by atoms with E-state index in [1.165, 1.54) is 30.6 Å². The summed E-state index contributed by atoms with van der Waals surface area (Å²) in [7, 11) is -4.14. The monoisotopic (exact) mass is 535 g/mol. The molecule has 1 N–H and O–H groups in total. The highest BCUT2D eigenvalue weighted by Gasteiger charge is 2.44. The number of carbonyl (C=O) groups excluding carboxylic acids is 1. The van der Waals surface area contributed by atoms with Gasteiger partial charge in [0.1, 0.15) is 23.8 Å². The van der Waals surface area contributed by atoms with Gasteiger partial charge in [-0.15, -0.1) is 0 Å². The number of nitrogens with one attached hydrogen (secondary N) is 1. The van der Waals surface area contributed by atoms with Gasteiger partial charge in [-0.05, 0) is 42.8 Å². The summed E-state index contributed by atoms with van der Waals surface area (Å²) in [5.41, 5.74) is 0.0800. The Hall–Kier alpha value is -3.91. The van der Waals surface area contributed by atoms with E-state index in [2.05, 4.69) is 20.3 Å². The smallest absolute Gasteiger partial charge is 0.417 e. The van der Waals surface area contributed by atoms with E-state index in [0.717, 1.165) is 22.5 Å². The number of alkyl halides is 3. The first-order chi connectivity index (χ1) is 17.5. The average molecular weight is 535 g/mol. The Morgan fingerprint density at radius 3 is 2.57 bits per heavy atom. The number of amides is 1. The number of halogens is 4. The van der Waals surface area contributed by atoms with Crippen LogP contribution < -0.4 is 5.32 Å². The second-order valence-corrected chi connectivity index (χ2v) is 10.0. The molecule has 1 aromatic carbocycles. The molecular formula is C23H17F4N5O4S. The van der Waals surface area contributed by atoms with Crippen molar-refractivity contribution in [3.05, 3.63) is 72.1 Å². The summed E-state index contributed by atoms with van der Waals surface area (Å²) >= 11 is 0. The van der Waals surface area contributed by atoms with Gasteiger partial charge in [-0.2, -0.15) is 17.5 Å². The van der Waals surface area contributed by atoms with Gasteiger partial charge in [0.15, 0.2) is 0 Å². The van der Waals surface area contributed by atoms with Gasteiger partial charge in [-0.1, -0.05) is 0 Å². The molecule has 5 rings (SSSR count). The van der Waals surface area contributed by atoms with E-state index in [9.17, 15) is 30.8 Å². The Morgan fingerprint density at radius 1 is 1.08 bits per heavy atom. The molecule has 0 saturated carbocycles. The Bertz CT molecular complexity index is 1590. The summed E-state index contributed by atoms with van der Waals surface area (Å²) in [6.45, 7) is 0.0202. The number of furan rings is 1. The number of carbonyl (C=O) groups is 1. The first kappa shape index (κ1) is 24.8.